The van der Waals surface area contributed by atoms with Crippen molar-refractivity contribution in [1.29, 1.82) is 0 Å². The molecule has 1 N–H and O–H groups in total. The van der Waals surface area contributed by atoms with Gasteiger partial charge in [0.05, 0.1) is 12.1 Å². The number of hydrogen-bond acceptors (Lipinski definition) is 2. The van der Waals surface area contributed by atoms with Gasteiger partial charge >= 0.3 is 0 Å². The standard InChI is InChI=1S/C18H23NO/c1-2-12-19-18(17-11-6-13-20-17)16-10-5-8-14-7-3-4-9-15(14)16/h3-5,7-10,17-19H,2,6,11-13H2,1H3. The minimum atomic E-state index is 0.309. The Kier molecular flexibility index (Phi) is 4.34. The van der Waals surface area contributed by atoms with Crippen molar-refractivity contribution in [3.63, 3.8) is 0 Å². The van der Waals surface area contributed by atoms with Crippen molar-refractivity contribution in [2.45, 2.75) is 38.3 Å². The second kappa shape index (κ2) is 6.38. The summed E-state index contributed by atoms with van der Waals surface area (Å²) >= 11 is 0. The second-order valence-corrected chi connectivity index (χ2v) is 5.55. The van der Waals surface area contributed by atoms with Crippen LogP contribution in [0.1, 0.15) is 37.8 Å². The molecule has 2 atom stereocenters. The highest BCUT2D eigenvalue weighted by molar-refractivity contribution is 5.86. The van der Waals surface area contributed by atoms with Gasteiger partial charge in [0.2, 0.25) is 0 Å². The van der Waals surface area contributed by atoms with E-state index in [1.54, 1.807) is 0 Å². The Morgan fingerprint density at radius 3 is 2.85 bits per heavy atom. The van der Waals surface area contributed by atoms with Gasteiger partial charge in [-0.1, -0.05) is 49.4 Å². The molecule has 0 aliphatic carbocycles. The lowest BCUT2D eigenvalue weighted by molar-refractivity contribution is 0.0787. The smallest absolute Gasteiger partial charge is 0.0770 e. The number of rotatable bonds is 5. The number of ether oxygens (including phenoxy) is 1. The van der Waals surface area contributed by atoms with Crippen molar-refractivity contribution < 1.29 is 4.74 Å². The zero-order valence-electron chi connectivity index (χ0n) is 12.1. The average Bonchev–Trinajstić information content (AvgIpc) is 3.02. The Bertz CT molecular complexity index is 555. The summed E-state index contributed by atoms with van der Waals surface area (Å²) in [5.74, 6) is 0. The summed E-state index contributed by atoms with van der Waals surface area (Å²) in [6.07, 6.45) is 3.80. The number of hydrogen-bond donors (Lipinski definition) is 1. The Morgan fingerprint density at radius 2 is 2.05 bits per heavy atom. The van der Waals surface area contributed by atoms with Crippen LogP contribution in [0.15, 0.2) is 42.5 Å². The fourth-order valence-electron chi connectivity index (χ4n) is 3.13. The molecule has 0 saturated carbocycles. The summed E-state index contributed by atoms with van der Waals surface area (Å²) < 4.78 is 5.95. The van der Waals surface area contributed by atoms with Crippen LogP contribution in [-0.4, -0.2) is 19.3 Å². The second-order valence-electron chi connectivity index (χ2n) is 5.55. The number of nitrogens with one attached hydrogen (secondary N) is 1. The van der Waals surface area contributed by atoms with Gasteiger partial charge in [-0.2, -0.15) is 0 Å². The van der Waals surface area contributed by atoms with E-state index in [1.165, 1.54) is 22.8 Å². The van der Waals surface area contributed by atoms with Crippen LogP contribution in [0, 0.1) is 0 Å². The van der Waals surface area contributed by atoms with Crippen LogP contribution in [-0.2, 0) is 4.74 Å². The van der Waals surface area contributed by atoms with Crippen LogP contribution in [0.3, 0.4) is 0 Å². The Labute approximate surface area is 121 Å². The quantitative estimate of drug-likeness (QED) is 0.884. The molecule has 1 saturated heterocycles. The Hall–Kier alpha value is -1.38. The maximum absolute atomic E-state index is 5.95. The molecule has 3 rings (SSSR count). The highest BCUT2D eigenvalue weighted by Crippen LogP contribution is 2.31. The third-order valence-electron chi connectivity index (χ3n) is 4.11. The average molecular weight is 269 g/mol. The van der Waals surface area contributed by atoms with E-state index < -0.39 is 0 Å². The molecule has 2 aromatic carbocycles. The molecular weight excluding hydrogens is 246 g/mol. The highest BCUT2D eigenvalue weighted by Gasteiger charge is 2.27. The lowest BCUT2D eigenvalue weighted by atomic mass is 9.94. The molecule has 1 aliphatic rings. The largest absolute Gasteiger partial charge is 0.376 e. The van der Waals surface area contributed by atoms with E-state index in [-0.39, 0.29) is 0 Å². The number of benzene rings is 2. The van der Waals surface area contributed by atoms with Crippen LogP contribution in [0.5, 0.6) is 0 Å². The molecule has 106 valence electrons. The van der Waals surface area contributed by atoms with Gasteiger partial charge < -0.3 is 10.1 Å². The van der Waals surface area contributed by atoms with Crippen molar-refractivity contribution in [2.75, 3.05) is 13.2 Å². The van der Waals surface area contributed by atoms with Crippen molar-refractivity contribution in [2.24, 2.45) is 0 Å². The van der Waals surface area contributed by atoms with Gasteiger partial charge in [0.25, 0.3) is 0 Å². The molecule has 20 heavy (non-hydrogen) atoms. The predicted molar refractivity (Wildman–Crippen MR) is 84.0 cm³/mol. The monoisotopic (exact) mass is 269 g/mol. The zero-order valence-corrected chi connectivity index (χ0v) is 12.1. The molecule has 0 spiro atoms. The fraction of sp³-hybridized carbons (Fsp3) is 0.444. The van der Waals surface area contributed by atoms with Crippen molar-refractivity contribution >= 4 is 10.8 Å². The van der Waals surface area contributed by atoms with Crippen molar-refractivity contribution in [1.82, 2.24) is 5.32 Å². The van der Waals surface area contributed by atoms with E-state index in [0.29, 0.717) is 12.1 Å². The van der Waals surface area contributed by atoms with E-state index in [0.717, 1.165) is 26.0 Å². The van der Waals surface area contributed by atoms with Crippen molar-refractivity contribution in [3.05, 3.63) is 48.0 Å². The van der Waals surface area contributed by atoms with E-state index in [4.69, 9.17) is 4.74 Å². The summed E-state index contributed by atoms with van der Waals surface area (Å²) in [7, 11) is 0. The fourth-order valence-corrected chi connectivity index (χ4v) is 3.13. The Balaban J connectivity index is 1.99. The molecule has 2 unspecified atom stereocenters. The first-order valence-electron chi connectivity index (χ1n) is 7.73. The summed E-state index contributed by atoms with van der Waals surface area (Å²) in [5.41, 5.74) is 1.38. The normalized spacial score (nSPS) is 20.4. The Morgan fingerprint density at radius 1 is 1.20 bits per heavy atom. The minimum absolute atomic E-state index is 0.309. The highest BCUT2D eigenvalue weighted by atomic mass is 16.5. The molecule has 2 nitrogen and oxygen atoms in total. The van der Waals surface area contributed by atoms with E-state index in [1.807, 2.05) is 0 Å². The number of fused-ring (bicyclic) bond motifs is 1. The summed E-state index contributed by atoms with van der Waals surface area (Å²) in [5, 5.41) is 6.35. The van der Waals surface area contributed by atoms with E-state index in [9.17, 15) is 0 Å². The van der Waals surface area contributed by atoms with Gasteiger partial charge in [-0.3, -0.25) is 0 Å². The molecule has 0 radical (unpaired) electrons. The topological polar surface area (TPSA) is 21.3 Å². The van der Waals surface area contributed by atoms with E-state index in [2.05, 4.69) is 54.7 Å². The van der Waals surface area contributed by atoms with Gasteiger partial charge in [-0.25, -0.2) is 0 Å². The summed E-state index contributed by atoms with van der Waals surface area (Å²) in [6, 6.07) is 15.5. The van der Waals surface area contributed by atoms with Crippen LogP contribution in [0.25, 0.3) is 10.8 Å². The molecule has 2 aromatic rings. The van der Waals surface area contributed by atoms with E-state index >= 15 is 0 Å². The molecule has 1 fully saturated rings. The first-order chi connectivity index (χ1) is 9.90. The van der Waals surface area contributed by atoms with Gasteiger partial charge in [-0.05, 0) is 42.1 Å². The zero-order chi connectivity index (χ0) is 13.8. The van der Waals surface area contributed by atoms with Crippen LogP contribution >= 0.6 is 0 Å². The van der Waals surface area contributed by atoms with Gasteiger partial charge in [0.1, 0.15) is 0 Å². The van der Waals surface area contributed by atoms with Crippen LogP contribution in [0.2, 0.25) is 0 Å². The minimum Gasteiger partial charge on any atom is -0.376 e. The summed E-state index contributed by atoms with van der Waals surface area (Å²) in [4.78, 5) is 0. The molecule has 2 heteroatoms. The molecule has 0 amide bonds. The molecule has 1 heterocycles. The third-order valence-corrected chi connectivity index (χ3v) is 4.11. The van der Waals surface area contributed by atoms with Crippen molar-refractivity contribution in [3.8, 4) is 0 Å². The lowest BCUT2D eigenvalue weighted by Gasteiger charge is -2.26. The first-order valence-corrected chi connectivity index (χ1v) is 7.73. The van der Waals surface area contributed by atoms with Crippen LogP contribution < -0.4 is 5.32 Å². The SMILES string of the molecule is CCCNC(c1cccc2ccccc12)C1CCCO1. The lowest BCUT2D eigenvalue weighted by Crippen LogP contribution is -2.32. The third kappa shape index (κ3) is 2.72. The summed E-state index contributed by atoms with van der Waals surface area (Å²) in [6.45, 7) is 4.15. The van der Waals surface area contributed by atoms with Gasteiger partial charge in [0.15, 0.2) is 0 Å². The molecule has 0 bridgehead atoms. The molecular formula is C18H23NO. The van der Waals surface area contributed by atoms with Gasteiger partial charge in [-0.15, -0.1) is 0 Å². The maximum Gasteiger partial charge on any atom is 0.0770 e. The van der Waals surface area contributed by atoms with Crippen LogP contribution in [0.4, 0.5) is 0 Å². The first kappa shape index (κ1) is 13.6. The molecule has 0 aromatic heterocycles. The van der Waals surface area contributed by atoms with Gasteiger partial charge in [0, 0.05) is 6.61 Å². The predicted octanol–water partition coefficient (Wildman–Crippen LogP) is 4.06. The molecule has 1 aliphatic heterocycles. The maximum atomic E-state index is 5.95.